The Labute approximate surface area is 112 Å². The molecule has 1 aromatic heterocycles. The Morgan fingerprint density at radius 2 is 2.21 bits per heavy atom. The first kappa shape index (κ1) is 14.3. The van der Waals surface area contributed by atoms with Crippen LogP contribution in [0.2, 0.25) is 0 Å². The maximum absolute atomic E-state index is 12.4. The van der Waals surface area contributed by atoms with Crippen LogP contribution < -0.4 is 10.5 Å². The van der Waals surface area contributed by atoms with Crippen molar-refractivity contribution >= 4 is 15.8 Å². The first-order valence-electron chi connectivity index (χ1n) is 6.29. The molecule has 7 nitrogen and oxygen atoms in total. The predicted molar refractivity (Wildman–Crippen MR) is 70.9 cm³/mol. The number of hydrogen-bond donors (Lipinski definition) is 3. The van der Waals surface area contributed by atoms with Crippen molar-refractivity contribution in [2.24, 2.45) is 13.0 Å². The van der Waals surface area contributed by atoms with Crippen molar-refractivity contribution in [2.45, 2.75) is 37.1 Å². The van der Waals surface area contributed by atoms with Crippen molar-refractivity contribution in [3.05, 3.63) is 5.69 Å². The van der Waals surface area contributed by atoms with Gasteiger partial charge in [-0.05, 0) is 25.7 Å². The van der Waals surface area contributed by atoms with Crippen LogP contribution in [0, 0.1) is 12.8 Å². The highest BCUT2D eigenvalue weighted by atomic mass is 32.2. The molecule has 1 heterocycles. The number of nitrogens with one attached hydrogen (secondary N) is 1. The average Bonchev–Trinajstić information content (AvgIpc) is 2.84. The highest BCUT2D eigenvalue weighted by molar-refractivity contribution is 7.89. The second-order valence-corrected chi connectivity index (χ2v) is 6.68. The lowest BCUT2D eigenvalue weighted by Crippen LogP contribution is -2.38. The third-order valence-electron chi connectivity index (χ3n) is 3.77. The monoisotopic (exact) mass is 288 g/mol. The van der Waals surface area contributed by atoms with E-state index in [1.54, 1.807) is 14.0 Å². The van der Waals surface area contributed by atoms with E-state index in [0.717, 1.165) is 19.3 Å². The number of rotatable bonds is 4. The van der Waals surface area contributed by atoms with Crippen LogP contribution in [0.5, 0.6) is 0 Å². The summed E-state index contributed by atoms with van der Waals surface area (Å²) in [7, 11) is -2.05. The second kappa shape index (κ2) is 5.10. The number of sulfonamides is 1. The minimum absolute atomic E-state index is 0.00527. The Morgan fingerprint density at radius 3 is 2.74 bits per heavy atom. The van der Waals surface area contributed by atoms with Crippen molar-refractivity contribution in [3.63, 3.8) is 0 Å². The second-order valence-electron chi connectivity index (χ2n) is 5.02. The minimum Gasteiger partial charge on any atom is -0.396 e. The highest BCUT2D eigenvalue weighted by Gasteiger charge is 2.33. The largest absolute Gasteiger partial charge is 0.396 e. The van der Waals surface area contributed by atoms with Crippen molar-refractivity contribution in [1.29, 1.82) is 0 Å². The number of nitrogen functional groups attached to an aromatic ring is 1. The Hall–Kier alpha value is -1.12. The lowest BCUT2D eigenvalue weighted by Gasteiger charge is -2.19. The third-order valence-corrected chi connectivity index (χ3v) is 5.43. The fourth-order valence-electron chi connectivity index (χ4n) is 2.62. The summed E-state index contributed by atoms with van der Waals surface area (Å²) >= 11 is 0. The van der Waals surface area contributed by atoms with Gasteiger partial charge in [-0.3, -0.25) is 4.68 Å². The topological polar surface area (TPSA) is 110 Å². The van der Waals surface area contributed by atoms with Gasteiger partial charge in [0, 0.05) is 19.7 Å². The summed E-state index contributed by atoms with van der Waals surface area (Å²) in [5.41, 5.74) is 6.17. The fraction of sp³-hybridized carbons (Fsp3) is 0.727. The molecule has 0 bridgehead atoms. The van der Waals surface area contributed by atoms with Crippen LogP contribution in [0.15, 0.2) is 4.90 Å². The lowest BCUT2D eigenvalue weighted by molar-refractivity contribution is 0.213. The van der Waals surface area contributed by atoms with Gasteiger partial charge in [0.1, 0.15) is 4.90 Å². The van der Waals surface area contributed by atoms with Gasteiger partial charge in [-0.25, -0.2) is 13.1 Å². The van der Waals surface area contributed by atoms with Crippen LogP contribution in [-0.2, 0) is 17.1 Å². The molecule has 0 radical (unpaired) electrons. The molecule has 2 rings (SSSR count). The van der Waals surface area contributed by atoms with Gasteiger partial charge < -0.3 is 10.8 Å². The first-order valence-corrected chi connectivity index (χ1v) is 7.77. The van der Waals surface area contributed by atoms with Crippen LogP contribution in [0.3, 0.4) is 0 Å². The Kier molecular flexibility index (Phi) is 3.84. The number of aliphatic hydroxyl groups excluding tert-OH is 1. The molecule has 4 N–H and O–H groups in total. The van der Waals surface area contributed by atoms with E-state index >= 15 is 0 Å². The van der Waals surface area contributed by atoms with Crippen LogP contribution in [0.4, 0.5) is 5.82 Å². The SMILES string of the molecule is Cc1c(S(=O)(=O)NC2CCCC2CO)c(N)nn1C. The zero-order chi connectivity index (χ0) is 14.2. The molecule has 1 saturated carbocycles. The van der Waals surface area contributed by atoms with Crippen LogP contribution >= 0.6 is 0 Å². The van der Waals surface area contributed by atoms with Crippen molar-refractivity contribution < 1.29 is 13.5 Å². The van der Waals surface area contributed by atoms with Gasteiger partial charge in [0.05, 0.1) is 5.69 Å². The molecule has 0 amide bonds. The zero-order valence-electron chi connectivity index (χ0n) is 11.1. The summed E-state index contributed by atoms with van der Waals surface area (Å²) in [6.07, 6.45) is 2.49. The summed E-state index contributed by atoms with van der Waals surface area (Å²) in [6.45, 7) is 1.66. The van der Waals surface area contributed by atoms with Crippen molar-refractivity contribution in [2.75, 3.05) is 12.3 Å². The van der Waals surface area contributed by atoms with E-state index in [9.17, 15) is 13.5 Å². The summed E-state index contributed by atoms with van der Waals surface area (Å²) < 4.78 is 28.9. The molecule has 0 aromatic carbocycles. The maximum atomic E-state index is 12.4. The van der Waals surface area contributed by atoms with Crippen LogP contribution in [0.1, 0.15) is 25.0 Å². The molecule has 1 aromatic rings. The molecule has 0 saturated heterocycles. The number of nitrogens with zero attached hydrogens (tertiary/aromatic N) is 2. The Balaban J connectivity index is 2.28. The average molecular weight is 288 g/mol. The molecule has 1 fully saturated rings. The molecule has 0 aliphatic heterocycles. The van der Waals surface area contributed by atoms with Crippen molar-refractivity contribution in [3.8, 4) is 0 Å². The maximum Gasteiger partial charge on any atom is 0.246 e. The number of aliphatic hydroxyl groups is 1. The van der Waals surface area contributed by atoms with Gasteiger partial charge in [0.15, 0.2) is 5.82 Å². The van der Waals surface area contributed by atoms with Gasteiger partial charge in [-0.1, -0.05) is 6.42 Å². The van der Waals surface area contributed by atoms with E-state index in [4.69, 9.17) is 5.73 Å². The van der Waals surface area contributed by atoms with E-state index in [-0.39, 0.29) is 29.3 Å². The van der Waals surface area contributed by atoms with Gasteiger partial charge >= 0.3 is 0 Å². The first-order chi connectivity index (χ1) is 8.86. The van der Waals surface area contributed by atoms with Gasteiger partial charge in [0.2, 0.25) is 10.0 Å². The van der Waals surface area contributed by atoms with E-state index < -0.39 is 10.0 Å². The number of anilines is 1. The standard InChI is InChI=1S/C11H20N4O3S/c1-7-10(11(12)13-15(7)2)19(17,18)14-9-5-3-4-8(9)6-16/h8-9,14,16H,3-6H2,1-2H3,(H2,12,13). The van der Waals surface area contributed by atoms with Crippen molar-refractivity contribution in [1.82, 2.24) is 14.5 Å². The molecular weight excluding hydrogens is 268 g/mol. The van der Waals surface area contributed by atoms with E-state index in [1.807, 2.05) is 0 Å². The molecule has 1 aliphatic carbocycles. The Morgan fingerprint density at radius 1 is 1.53 bits per heavy atom. The third kappa shape index (κ3) is 2.60. The molecule has 108 valence electrons. The summed E-state index contributed by atoms with van der Waals surface area (Å²) in [6, 6.07) is -0.228. The van der Waals surface area contributed by atoms with Crippen LogP contribution in [0.25, 0.3) is 0 Å². The molecule has 0 spiro atoms. The molecular formula is C11H20N4O3S. The van der Waals surface area contributed by atoms with Crippen LogP contribution in [-0.4, -0.2) is 36.0 Å². The molecule has 2 unspecified atom stereocenters. The lowest BCUT2D eigenvalue weighted by atomic mass is 10.1. The number of aromatic nitrogens is 2. The Bertz CT molecular complexity index is 567. The van der Waals surface area contributed by atoms with Gasteiger partial charge in [0.25, 0.3) is 0 Å². The summed E-state index contributed by atoms with van der Waals surface area (Å²) in [4.78, 5) is 0.0404. The zero-order valence-corrected chi connectivity index (χ0v) is 11.9. The van der Waals surface area contributed by atoms with Gasteiger partial charge in [-0.15, -0.1) is 0 Å². The fourth-order valence-corrected chi connectivity index (χ4v) is 4.28. The smallest absolute Gasteiger partial charge is 0.246 e. The molecule has 19 heavy (non-hydrogen) atoms. The summed E-state index contributed by atoms with van der Waals surface area (Å²) in [5.74, 6) is -0.0148. The van der Waals surface area contributed by atoms with E-state index in [2.05, 4.69) is 9.82 Å². The number of hydrogen-bond acceptors (Lipinski definition) is 5. The van der Waals surface area contributed by atoms with E-state index in [0.29, 0.717) is 5.69 Å². The quantitative estimate of drug-likeness (QED) is 0.707. The summed E-state index contributed by atoms with van der Waals surface area (Å²) in [5, 5.41) is 13.2. The normalized spacial score (nSPS) is 23.9. The molecule has 1 aliphatic rings. The van der Waals surface area contributed by atoms with E-state index in [1.165, 1.54) is 4.68 Å². The minimum atomic E-state index is -3.70. The number of nitrogens with two attached hydrogens (primary N) is 1. The molecule has 8 heteroatoms. The van der Waals surface area contributed by atoms with Gasteiger partial charge in [-0.2, -0.15) is 5.10 Å². The highest BCUT2D eigenvalue weighted by Crippen LogP contribution is 2.28. The predicted octanol–water partition coefficient (Wildman–Crippen LogP) is -0.250. The number of aryl methyl sites for hydroxylation is 1. The molecule has 2 atom stereocenters.